The van der Waals surface area contributed by atoms with Gasteiger partial charge in [0.05, 0.1) is 18.4 Å². The van der Waals surface area contributed by atoms with E-state index in [9.17, 15) is 0 Å². The van der Waals surface area contributed by atoms with Crippen LogP contribution in [0.2, 0.25) is 0 Å². The van der Waals surface area contributed by atoms with Crippen molar-refractivity contribution in [2.45, 2.75) is 26.3 Å². The minimum atomic E-state index is 0.400. The van der Waals surface area contributed by atoms with Gasteiger partial charge in [0.1, 0.15) is 5.82 Å². The minimum Gasteiger partial charge on any atom is -0.356 e. The van der Waals surface area contributed by atoms with Crippen molar-refractivity contribution in [1.29, 1.82) is 0 Å². The number of aliphatic imine (C=N–C) groups is 1. The number of nitrogens with one attached hydrogen (secondary N) is 3. The second-order valence-corrected chi connectivity index (χ2v) is 6.73. The Balaban J connectivity index is 1.51. The Morgan fingerprint density at radius 3 is 2.52 bits per heavy atom. The molecule has 0 amide bonds. The average molecular weight is 361 g/mol. The quantitative estimate of drug-likeness (QED) is 0.461. The second kappa shape index (κ2) is 9.03. The topological polar surface area (TPSA) is 65.1 Å². The number of nitrogens with zero attached hydrogens (tertiary/aromatic N) is 2. The summed E-state index contributed by atoms with van der Waals surface area (Å²) < 4.78 is 0. The first-order chi connectivity index (χ1) is 13.2. The number of aromatic nitrogens is 2. The van der Waals surface area contributed by atoms with E-state index in [0.29, 0.717) is 12.5 Å². The molecule has 1 aromatic heterocycles. The van der Waals surface area contributed by atoms with Crippen molar-refractivity contribution in [3.05, 3.63) is 77.7 Å². The third-order valence-electron chi connectivity index (χ3n) is 4.58. The van der Waals surface area contributed by atoms with Crippen LogP contribution >= 0.6 is 0 Å². The highest BCUT2D eigenvalue weighted by atomic mass is 15.2. The standard InChI is InChI=1S/C22H27N5/c1-16-9-11-18(12-10-16)17(2)13-25-22(23-3)26-15-21-24-14-20(27-21)19-7-5-4-6-8-19/h4-12,14,17H,13,15H2,1-3H3,(H,24,27)(H2,23,25,26). The van der Waals surface area contributed by atoms with Crippen molar-refractivity contribution >= 4 is 5.96 Å². The van der Waals surface area contributed by atoms with Gasteiger partial charge in [0.15, 0.2) is 5.96 Å². The maximum atomic E-state index is 4.45. The number of hydrogen-bond acceptors (Lipinski definition) is 2. The molecule has 0 aliphatic heterocycles. The summed E-state index contributed by atoms with van der Waals surface area (Å²) in [6.07, 6.45) is 1.86. The fraction of sp³-hybridized carbons (Fsp3) is 0.273. The van der Waals surface area contributed by atoms with Crippen molar-refractivity contribution < 1.29 is 0 Å². The summed E-state index contributed by atoms with van der Waals surface area (Å²) in [7, 11) is 1.78. The zero-order valence-electron chi connectivity index (χ0n) is 16.2. The van der Waals surface area contributed by atoms with Gasteiger partial charge in [0.2, 0.25) is 0 Å². The van der Waals surface area contributed by atoms with Crippen LogP contribution in [0.3, 0.4) is 0 Å². The highest BCUT2D eigenvalue weighted by molar-refractivity contribution is 5.79. The van der Waals surface area contributed by atoms with Crippen LogP contribution in [0.15, 0.2) is 65.8 Å². The second-order valence-electron chi connectivity index (χ2n) is 6.73. The smallest absolute Gasteiger partial charge is 0.191 e. The Labute approximate surface area is 161 Å². The van der Waals surface area contributed by atoms with Crippen molar-refractivity contribution in [3.8, 4) is 11.3 Å². The number of H-pyrrole nitrogens is 1. The van der Waals surface area contributed by atoms with Gasteiger partial charge in [-0.2, -0.15) is 0 Å². The molecule has 1 atom stereocenters. The molecule has 3 rings (SSSR count). The van der Waals surface area contributed by atoms with Crippen molar-refractivity contribution in [3.63, 3.8) is 0 Å². The molecule has 1 heterocycles. The first-order valence-electron chi connectivity index (χ1n) is 9.26. The van der Waals surface area contributed by atoms with Gasteiger partial charge in [-0.1, -0.05) is 67.1 Å². The van der Waals surface area contributed by atoms with Gasteiger partial charge in [-0.25, -0.2) is 4.98 Å². The number of aromatic amines is 1. The van der Waals surface area contributed by atoms with Crippen LogP contribution in [-0.4, -0.2) is 29.5 Å². The predicted molar refractivity (Wildman–Crippen MR) is 112 cm³/mol. The van der Waals surface area contributed by atoms with Gasteiger partial charge in [0.25, 0.3) is 0 Å². The summed E-state index contributed by atoms with van der Waals surface area (Å²) in [4.78, 5) is 12.1. The molecule has 140 valence electrons. The SMILES string of the molecule is CN=C(NCc1ncc(-c2ccccc2)[nH]1)NCC(C)c1ccc(C)cc1. The zero-order valence-corrected chi connectivity index (χ0v) is 16.2. The lowest BCUT2D eigenvalue weighted by atomic mass is 10.0. The lowest BCUT2D eigenvalue weighted by Crippen LogP contribution is -2.38. The molecule has 3 aromatic rings. The molecule has 5 nitrogen and oxygen atoms in total. The number of imidazole rings is 1. The van der Waals surface area contributed by atoms with E-state index in [4.69, 9.17) is 0 Å². The zero-order chi connectivity index (χ0) is 19.1. The molecular weight excluding hydrogens is 334 g/mol. The van der Waals surface area contributed by atoms with Crippen molar-refractivity contribution in [2.75, 3.05) is 13.6 Å². The van der Waals surface area contributed by atoms with Gasteiger partial charge in [-0.15, -0.1) is 0 Å². The van der Waals surface area contributed by atoms with Gasteiger partial charge in [-0.05, 0) is 24.0 Å². The highest BCUT2D eigenvalue weighted by Gasteiger charge is 2.08. The maximum absolute atomic E-state index is 4.45. The average Bonchev–Trinajstić information content (AvgIpc) is 3.18. The first-order valence-corrected chi connectivity index (χ1v) is 9.26. The molecule has 0 spiro atoms. The van der Waals surface area contributed by atoms with Crippen LogP contribution < -0.4 is 10.6 Å². The van der Waals surface area contributed by atoms with Crippen LogP contribution in [0.4, 0.5) is 0 Å². The molecule has 0 aliphatic rings. The van der Waals surface area contributed by atoms with E-state index < -0.39 is 0 Å². The molecular formula is C22H27N5. The Hall–Kier alpha value is -3.08. The van der Waals surface area contributed by atoms with Crippen LogP contribution in [0, 0.1) is 6.92 Å². The summed E-state index contributed by atoms with van der Waals surface area (Å²) in [6, 6.07) is 18.9. The monoisotopic (exact) mass is 361 g/mol. The number of benzene rings is 2. The molecule has 0 bridgehead atoms. The summed E-state index contributed by atoms with van der Waals surface area (Å²) >= 11 is 0. The van der Waals surface area contributed by atoms with E-state index in [0.717, 1.165) is 29.6 Å². The lowest BCUT2D eigenvalue weighted by molar-refractivity contribution is 0.694. The molecule has 0 saturated carbocycles. The molecule has 0 aliphatic carbocycles. The number of rotatable bonds is 6. The van der Waals surface area contributed by atoms with Gasteiger partial charge in [-0.3, -0.25) is 4.99 Å². The Morgan fingerprint density at radius 1 is 1.07 bits per heavy atom. The number of hydrogen-bond donors (Lipinski definition) is 3. The van der Waals surface area contributed by atoms with Crippen LogP contribution in [0.1, 0.15) is 29.8 Å². The van der Waals surface area contributed by atoms with Gasteiger partial charge in [0, 0.05) is 13.6 Å². The summed E-state index contributed by atoms with van der Waals surface area (Å²) in [5.41, 5.74) is 4.75. The third-order valence-corrected chi connectivity index (χ3v) is 4.58. The maximum Gasteiger partial charge on any atom is 0.191 e. The largest absolute Gasteiger partial charge is 0.356 e. The summed E-state index contributed by atoms with van der Waals surface area (Å²) in [6.45, 7) is 5.72. The normalized spacial score (nSPS) is 12.6. The van der Waals surface area contributed by atoms with Gasteiger partial charge >= 0.3 is 0 Å². The van der Waals surface area contributed by atoms with E-state index in [1.54, 1.807) is 7.05 Å². The summed E-state index contributed by atoms with van der Waals surface area (Å²) in [5, 5.41) is 6.70. The highest BCUT2D eigenvalue weighted by Crippen LogP contribution is 2.16. The third kappa shape index (κ3) is 5.20. The van der Waals surface area contributed by atoms with Gasteiger partial charge < -0.3 is 15.6 Å². The molecule has 2 aromatic carbocycles. The molecule has 5 heteroatoms. The fourth-order valence-electron chi connectivity index (χ4n) is 2.87. The van der Waals surface area contributed by atoms with E-state index in [1.165, 1.54) is 11.1 Å². The van der Waals surface area contributed by atoms with Crippen molar-refractivity contribution in [2.24, 2.45) is 4.99 Å². The van der Waals surface area contributed by atoms with E-state index in [2.05, 4.69) is 75.8 Å². The summed E-state index contributed by atoms with van der Waals surface area (Å²) in [5.74, 6) is 2.05. The van der Waals surface area contributed by atoms with E-state index >= 15 is 0 Å². The predicted octanol–water partition coefficient (Wildman–Crippen LogP) is 3.85. The Bertz CT molecular complexity index is 865. The fourth-order valence-corrected chi connectivity index (χ4v) is 2.87. The van der Waals surface area contributed by atoms with Crippen LogP contribution in [-0.2, 0) is 6.54 Å². The van der Waals surface area contributed by atoms with E-state index in [1.807, 2.05) is 24.4 Å². The first kappa shape index (κ1) is 18.7. The minimum absolute atomic E-state index is 0.400. The molecule has 1 unspecified atom stereocenters. The number of aryl methyl sites for hydroxylation is 1. The van der Waals surface area contributed by atoms with Crippen LogP contribution in [0.25, 0.3) is 11.3 Å². The molecule has 0 fully saturated rings. The Kier molecular flexibility index (Phi) is 6.26. The van der Waals surface area contributed by atoms with Crippen LogP contribution in [0.5, 0.6) is 0 Å². The molecule has 3 N–H and O–H groups in total. The Morgan fingerprint density at radius 2 is 1.81 bits per heavy atom. The molecule has 0 saturated heterocycles. The number of guanidine groups is 1. The van der Waals surface area contributed by atoms with Crippen molar-refractivity contribution in [1.82, 2.24) is 20.6 Å². The molecule has 0 radical (unpaired) electrons. The lowest BCUT2D eigenvalue weighted by Gasteiger charge is -2.16. The van der Waals surface area contributed by atoms with E-state index in [-0.39, 0.29) is 0 Å². The molecule has 27 heavy (non-hydrogen) atoms.